The zero-order chi connectivity index (χ0) is 13.3. The van der Waals surface area contributed by atoms with Crippen LogP contribution in [-0.4, -0.2) is 12.5 Å². The fraction of sp³-hybridized carbons (Fsp3) is 0.273. The number of rotatable bonds is 1. The molecule has 0 unspecified atom stereocenters. The summed E-state index contributed by atoms with van der Waals surface area (Å²) in [6.07, 6.45) is -4.42. The van der Waals surface area contributed by atoms with Crippen LogP contribution in [0.1, 0.15) is 17.5 Å². The molecular formula is C11H8F3N3O. The molecule has 1 N–H and O–H groups in total. The first-order valence-corrected chi connectivity index (χ1v) is 5.10. The molecular weight excluding hydrogens is 247 g/mol. The lowest BCUT2D eigenvalue weighted by atomic mass is 10.1. The Kier molecular flexibility index (Phi) is 2.87. The van der Waals surface area contributed by atoms with Crippen LogP contribution in [0.15, 0.2) is 18.2 Å². The third-order valence-corrected chi connectivity index (χ3v) is 2.54. The maximum atomic E-state index is 12.9. The average molecular weight is 255 g/mol. The fourth-order valence-corrected chi connectivity index (χ4v) is 1.72. The van der Waals surface area contributed by atoms with Gasteiger partial charge in [-0.3, -0.25) is 15.2 Å². The highest BCUT2D eigenvalue weighted by Crippen LogP contribution is 2.37. The first kappa shape index (κ1) is 12.2. The molecule has 1 aromatic carbocycles. The Morgan fingerprint density at radius 3 is 2.61 bits per heavy atom. The summed E-state index contributed by atoms with van der Waals surface area (Å²) in [5, 5.41) is 9.77. The molecule has 18 heavy (non-hydrogen) atoms. The molecule has 1 aliphatic rings. The zero-order valence-corrected chi connectivity index (χ0v) is 9.08. The largest absolute Gasteiger partial charge is 0.418 e. The number of carbonyl (C=O) groups excluding carboxylic acids is 1. The molecule has 1 amide bonds. The predicted octanol–water partition coefficient (Wildman–Crippen LogP) is 1.82. The van der Waals surface area contributed by atoms with E-state index in [1.165, 1.54) is 12.1 Å². The van der Waals surface area contributed by atoms with Gasteiger partial charge in [0.25, 0.3) is 0 Å². The Hall–Kier alpha value is -2.23. The van der Waals surface area contributed by atoms with Gasteiger partial charge in [0, 0.05) is 13.0 Å². The number of halogens is 3. The quantitative estimate of drug-likeness (QED) is 0.832. The molecule has 2 rings (SSSR count). The van der Waals surface area contributed by atoms with Crippen molar-refractivity contribution in [3.05, 3.63) is 29.3 Å². The molecule has 0 radical (unpaired) electrons. The Morgan fingerprint density at radius 1 is 1.39 bits per heavy atom. The summed E-state index contributed by atoms with van der Waals surface area (Å²) in [5.41, 5.74) is 1.19. The fourth-order valence-electron chi connectivity index (χ4n) is 1.72. The van der Waals surface area contributed by atoms with Gasteiger partial charge in [0.1, 0.15) is 0 Å². The predicted molar refractivity (Wildman–Crippen MR) is 56.3 cm³/mol. The lowest BCUT2D eigenvalue weighted by Crippen LogP contribution is -2.34. The number of nitrogens with zero attached hydrogens (tertiary/aromatic N) is 2. The van der Waals surface area contributed by atoms with Gasteiger partial charge < -0.3 is 0 Å². The summed E-state index contributed by atoms with van der Waals surface area (Å²) in [6.45, 7) is 0.174. The lowest BCUT2D eigenvalue weighted by Gasteiger charge is -2.22. The van der Waals surface area contributed by atoms with E-state index in [-0.39, 0.29) is 30.1 Å². The average Bonchev–Trinajstić information content (AvgIpc) is 2.74. The van der Waals surface area contributed by atoms with E-state index >= 15 is 0 Å². The number of alkyl halides is 3. The van der Waals surface area contributed by atoms with Gasteiger partial charge in [-0.05, 0) is 18.2 Å². The number of hydrogen-bond donors (Lipinski definition) is 1. The van der Waals surface area contributed by atoms with Gasteiger partial charge >= 0.3 is 6.18 Å². The Balaban J connectivity index is 2.47. The van der Waals surface area contributed by atoms with E-state index in [2.05, 4.69) is 5.43 Å². The van der Waals surface area contributed by atoms with Crippen molar-refractivity contribution < 1.29 is 18.0 Å². The molecule has 4 nitrogen and oxygen atoms in total. The monoisotopic (exact) mass is 255 g/mol. The van der Waals surface area contributed by atoms with E-state index in [9.17, 15) is 18.0 Å². The van der Waals surface area contributed by atoms with Crippen molar-refractivity contribution >= 4 is 11.6 Å². The molecule has 0 spiro atoms. The Bertz CT molecular complexity index is 533. The van der Waals surface area contributed by atoms with E-state index in [0.717, 1.165) is 11.1 Å². The van der Waals surface area contributed by atoms with Crippen LogP contribution in [0.2, 0.25) is 0 Å². The summed E-state index contributed by atoms with van der Waals surface area (Å²) in [5.74, 6) is -0.326. The van der Waals surface area contributed by atoms with Crippen LogP contribution in [0.5, 0.6) is 0 Å². The number of nitriles is 1. The van der Waals surface area contributed by atoms with Crippen molar-refractivity contribution in [2.45, 2.75) is 12.6 Å². The van der Waals surface area contributed by atoms with Gasteiger partial charge in [-0.1, -0.05) is 0 Å². The molecule has 0 aromatic heterocycles. The third kappa shape index (κ3) is 2.22. The van der Waals surface area contributed by atoms with E-state index in [4.69, 9.17) is 5.26 Å². The van der Waals surface area contributed by atoms with Gasteiger partial charge in [0.05, 0.1) is 22.9 Å². The van der Waals surface area contributed by atoms with Crippen molar-refractivity contribution in [2.24, 2.45) is 0 Å². The summed E-state index contributed by atoms with van der Waals surface area (Å²) in [4.78, 5) is 11.0. The number of amides is 1. The molecule has 0 saturated carbocycles. The van der Waals surface area contributed by atoms with Crippen molar-refractivity contribution in [1.29, 1.82) is 5.26 Å². The van der Waals surface area contributed by atoms with Gasteiger partial charge in [-0.25, -0.2) is 0 Å². The standard InChI is InChI=1S/C11H8F3N3O/c12-11(13,14)8-5-7(6-15)1-2-9(8)17-4-3-10(18)16-17/h1-2,5H,3-4H2,(H,16,18). The summed E-state index contributed by atoms with van der Waals surface area (Å²) in [7, 11) is 0. The molecule has 0 aliphatic carbocycles. The van der Waals surface area contributed by atoms with E-state index in [0.29, 0.717) is 0 Å². The second-order valence-corrected chi connectivity index (χ2v) is 3.78. The normalized spacial score (nSPS) is 15.4. The summed E-state index contributed by atoms with van der Waals surface area (Å²) >= 11 is 0. The van der Waals surface area contributed by atoms with E-state index in [1.54, 1.807) is 6.07 Å². The van der Waals surface area contributed by atoms with Gasteiger partial charge in [-0.2, -0.15) is 18.4 Å². The van der Waals surface area contributed by atoms with E-state index < -0.39 is 11.7 Å². The first-order valence-electron chi connectivity index (χ1n) is 5.10. The van der Waals surface area contributed by atoms with Crippen molar-refractivity contribution in [3.8, 4) is 6.07 Å². The molecule has 0 atom stereocenters. The summed E-state index contributed by atoms with van der Waals surface area (Å²) in [6, 6.07) is 4.91. The maximum Gasteiger partial charge on any atom is 0.418 e. The molecule has 7 heteroatoms. The number of nitrogens with one attached hydrogen (secondary N) is 1. The van der Waals surface area contributed by atoms with Crippen molar-refractivity contribution in [3.63, 3.8) is 0 Å². The number of carbonyl (C=O) groups is 1. The maximum absolute atomic E-state index is 12.9. The molecule has 1 aromatic rings. The van der Waals surface area contributed by atoms with Crippen LogP contribution in [0.3, 0.4) is 0 Å². The van der Waals surface area contributed by atoms with Crippen LogP contribution in [0.25, 0.3) is 0 Å². The van der Waals surface area contributed by atoms with Crippen LogP contribution in [0, 0.1) is 11.3 Å². The van der Waals surface area contributed by atoms with Crippen molar-refractivity contribution in [1.82, 2.24) is 5.43 Å². The Morgan fingerprint density at radius 2 is 2.11 bits per heavy atom. The highest BCUT2D eigenvalue weighted by Gasteiger charge is 2.36. The second kappa shape index (κ2) is 4.22. The van der Waals surface area contributed by atoms with Gasteiger partial charge in [0.15, 0.2) is 0 Å². The van der Waals surface area contributed by atoms with Crippen LogP contribution in [-0.2, 0) is 11.0 Å². The minimum atomic E-state index is -4.57. The highest BCUT2D eigenvalue weighted by molar-refractivity contribution is 5.82. The minimum absolute atomic E-state index is 0.0726. The molecule has 1 saturated heterocycles. The summed E-state index contributed by atoms with van der Waals surface area (Å²) < 4.78 is 38.6. The molecule has 1 aliphatic heterocycles. The van der Waals surface area contributed by atoms with E-state index in [1.807, 2.05) is 0 Å². The smallest absolute Gasteiger partial charge is 0.284 e. The molecule has 1 fully saturated rings. The Labute approximate surface area is 101 Å². The van der Waals surface area contributed by atoms with Crippen LogP contribution >= 0.6 is 0 Å². The lowest BCUT2D eigenvalue weighted by molar-refractivity contribution is -0.137. The number of benzene rings is 1. The zero-order valence-electron chi connectivity index (χ0n) is 9.08. The van der Waals surface area contributed by atoms with Gasteiger partial charge in [0.2, 0.25) is 5.91 Å². The highest BCUT2D eigenvalue weighted by atomic mass is 19.4. The third-order valence-electron chi connectivity index (χ3n) is 2.54. The number of hydrogen-bond acceptors (Lipinski definition) is 3. The van der Waals surface area contributed by atoms with Crippen LogP contribution < -0.4 is 10.4 Å². The SMILES string of the molecule is N#Cc1ccc(N2CCC(=O)N2)c(C(F)(F)F)c1. The topological polar surface area (TPSA) is 56.1 Å². The molecule has 1 heterocycles. The van der Waals surface area contributed by atoms with Crippen molar-refractivity contribution in [2.75, 3.05) is 11.6 Å². The molecule has 94 valence electrons. The van der Waals surface area contributed by atoms with Crippen LogP contribution in [0.4, 0.5) is 18.9 Å². The minimum Gasteiger partial charge on any atom is -0.284 e. The van der Waals surface area contributed by atoms with Gasteiger partial charge in [-0.15, -0.1) is 0 Å². The number of anilines is 1. The molecule has 0 bridgehead atoms. The second-order valence-electron chi connectivity index (χ2n) is 3.78. The number of hydrazine groups is 1. The first-order chi connectivity index (χ1) is 8.41.